The highest BCUT2D eigenvalue weighted by molar-refractivity contribution is 7.92. The van der Waals surface area contributed by atoms with Crippen molar-refractivity contribution in [3.05, 3.63) is 29.8 Å². The van der Waals surface area contributed by atoms with Crippen LogP contribution in [0.1, 0.15) is 58.4 Å². The second kappa shape index (κ2) is 7.81. The number of carbonyl (C=O) groups is 1. The molecule has 27 heavy (non-hydrogen) atoms. The number of amides is 1. The van der Waals surface area contributed by atoms with Gasteiger partial charge in [-0.25, -0.2) is 8.42 Å². The number of rotatable bonds is 6. The van der Waals surface area contributed by atoms with E-state index >= 15 is 0 Å². The summed E-state index contributed by atoms with van der Waals surface area (Å²) >= 11 is 0. The van der Waals surface area contributed by atoms with Crippen molar-refractivity contribution < 1.29 is 26.4 Å². The molecular formula is C19H26F3NO3S. The molecule has 1 fully saturated rings. The van der Waals surface area contributed by atoms with Gasteiger partial charge in [0.15, 0.2) is 9.84 Å². The average Bonchev–Trinajstić information content (AvgIpc) is 2.46. The first-order valence-corrected chi connectivity index (χ1v) is 10.6. The van der Waals surface area contributed by atoms with Crippen LogP contribution in [0.5, 0.6) is 0 Å². The first kappa shape index (κ1) is 21.7. The van der Waals surface area contributed by atoms with E-state index < -0.39 is 26.8 Å². The Labute approximate surface area is 158 Å². The molecule has 0 atom stereocenters. The minimum Gasteiger partial charge on any atom is -0.352 e. The lowest BCUT2D eigenvalue weighted by molar-refractivity contribution is -0.137. The standard InChI is InChI=1S/C19H26F3NO3S/c1-18(2,3)23-17(24)9-4-6-13-10-16(11-13)27(25,26)15-8-5-7-14(12-15)19(20,21)22/h5,7-8,12-13,16H,4,6,9-11H2,1-3H3,(H,23,24). The van der Waals surface area contributed by atoms with Crippen LogP contribution in [-0.4, -0.2) is 25.1 Å². The van der Waals surface area contributed by atoms with Crippen molar-refractivity contribution in [2.75, 3.05) is 0 Å². The van der Waals surface area contributed by atoms with Crippen molar-refractivity contribution in [2.24, 2.45) is 5.92 Å². The second-order valence-corrected chi connectivity index (χ2v) is 10.4. The van der Waals surface area contributed by atoms with Gasteiger partial charge in [-0.15, -0.1) is 0 Å². The van der Waals surface area contributed by atoms with Crippen molar-refractivity contribution in [2.45, 2.75) is 74.7 Å². The molecule has 0 aliphatic heterocycles. The highest BCUT2D eigenvalue weighted by Crippen LogP contribution is 2.40. The second-order valence-electron chi connectivity index (χ2n) is 8.22. The van der Waals surface area contributed by atoms with Gasteiger partial charge in [0.05, 0.1) is 15.7 Å². The zero-order valence-electron chi connectivity index (χ0n) is 15.8. The Hall–Kier alpha value is -1.57. The lowest BCUT2D eigenvalue weighted by atomic mass is 9.81. The fraction of sp³-hybridized carbons (Fsp3) is 0.632. The van der Waals surface area contributed by atoms with Crippen LogP contribution < -0.4 is 5.32 Å². The van der Waals surface area contributed by atoms with Gasteiger partial charge in [-0.3, -0.25) is 4.79 Å². The van der Waals surface area contributed by atoms with Crippen LogP contribution in [-0.2, 0) is 20.8 Å². The minimum absolute atomic E-state index is 0.0324. The number of benzene rings is 1. The summed E-state index contributed by atoms with van der Waals surface area (Å²) < 4.78 is 63.5. The van der Waals surface area contributed by atoms with Crippen LogP contribution >= 0.6 is 0 Å². The normalized spacial score (nSPS) is 20.8. The van der Waals surface area contributed by atoms with E-state index in [1.807, 2.05) is 20.8 Å². The van der Waals surface area contributed by atoms with E-state index in [0.717, 1.165) is 18.6 Å². The van der Waals surface area contributed by atoms with Crippen LogP contribution in [0, 0.1) is 5.92 Å². The summed E-state index contributed by atoms with van der Waals surface area (Å²) in [6.45, 7) is 5.71. The van der Waals surface area contributed by atoms with E-state index in [1.165, 1.54) is 6.07 Å². The molecule has 1 aliphatic rings. The van der Waals surface area contributed by atoms with E-state index in [-0.39, 0.29) is 22.3 Å². The molecule has 1 amide bonds. The van der Waals surface area contributed by atoms with Gasteiger partial charge in [0.2, 0.25) is 5.91 Å². The number of carbonyl (C=O) groups excluding carboxylic acids is 1. The Bertz CT molecular complexity index is 776. The number of alkyl halides is 3. The topological polar surface area (TPSA) is 63.2 Å². The third kappa shape index (κ3) is 5.96. The Morgan fingerprint density at radius 2 is 1.81 bits per heavy atom. The summed E-state index contributed by atoms with van der Waals surface area (Å²) in [6, 6.07) is 3.92. The summed E-state index contributed by atoms with van der Waals surface area (Å²) in [7, 11) is -3.76. The number of sulfone groups is 1. The van der Waals surface area contributed by atoms with Gasteiger partial charge < -0.3 is 5.32 Å². The molecule has 0 saturated heterocycles. The summed E-state index contributed by atoms with van der Waals surface area (Å²) in [5.74, 6) is 0.160. The zero-order valence-corrected chi connectivity index (χ0v) is 16.6. The molecule has 0 aromatic heterocycles. The van der Waals surface area contributed by atoms with Gasteiger partial charge in [0, 0.05) is 12.0 Å². The van der Waals surface area contributed by atoms with Crippen molar-refractivity contribution in [3.8, 4) is 0 Å². The monoisotopic (exact) mass is 405 g/mol. The Balaban J connectivity index is 1.85. The number of hydrogen-bond acceptors (Lipinski definition) is 3. The van der Waals surface area contributed by atoms with E-state index in [4.69, 9.17) is 0 Å². The van der Waals surface area contributed by atoms with Gasteiger partial charge in [0.25, 0.3) is 0 Å². The molecule has 1 saturated carbocycles. The van der Waals surface area contributed by atoms with Crippen molar-refractivity contribution in [1.29, 1.82) is 0 Å². The molecule has 0 heterocycles. The van der Waals surface area contributed by atoms with Crippen molar-refractivity contribution in [3.63, 3.8) is 0 Å². The average molecular weight is 405 g/mol. The first-order valence-electron chi connectivity index (χ1n) is 9.01. The lowest BCUT2D eigenvalue weighted by Gasteiger charge is -2.35. The minimum atomic E-state index is -4.57. The third-order valence-electron chi connectivity index (χ3n) is 4.65. The highest BCUT2D eigenvalue weighted by atomic mass is 32.2. The molecule has 1 aromatic rings. The van der Waals surface area contributed by atoms with Crippen LogP contribution in [0.2, 0.25) is 0 Å². The van der Waals surface area contributed by atoms with E-state index in [2.05, 4.69) is 5.32 Å². The van der Waals surface area contributed by atoms with Crippen LogP contribution in [0.3, 0.4) is 0 Å². The Morgan fingerprint density at radius 3 is 2.37 bits per heavy atom. The maximum absolute atomic E-state index is 12.8. The predicted molar refractivity (Wildman–Crippen MR) is 96.9 cm³/mol. The molecule has 1 aromatic carbocycles. The van der Waals surface area contributed by atoms with E-state index in [0.29, 0.717) is 31.7 Å². The first-order chi connectivity index (χ1) is 12.3. The molecule has 2 rings (SSSR count). The third-order valence-corrected chi connectivity index (χ3v) is 6.83. The van der Waals surface area contributed by atoms with Gasteiger partial charge in [-0.1, -0.05) is 6.07 Å². The number of hydrogen-bond donors (Lipinski definition) is 1. The van der Waals surface area contributed by atoms with Crippen LogP contribution in [0.25, 0.3) is 0 Å². The Kier molecular flexibility index (Phi) is 6.29. The number of halogens is 3. The maximum atomic E-state index is 12.8. The van der Waals surface area contributed by atoms with E-state index in [9.17, 15) is 26.4 Å². The summed E-state index contributed by atoms with van der Waals surface area (Å²) in [5.41, 5.74) is -1.23. The molecule has 0 unspecified atom stereocenters. The SMILES string of the molecule is CC(C)(C)NC(=O)CCCC1CC(S(=O)(=O)c2cccc(C(F)(F)F)c2)C1. The highest BCUT2D eigenvalue weighted by Gasteiger charge is 2.40. The number of nitrogens with one attached hydrogen (secondary N) is 1. The largest absolute Gasteiger partial charge is 0.416 e. The van der Waals surface area contributed by atoms with Gasteiger partial charge >= 0.3 is 6.18 Å². The van der Waals surface area contributed by atoms with Crippen molar-refractivity contribution in [1.82, 2.24) is 5.32 Å². The molecule has 1 N–H and O–H groups in total. The summed E-state index contributed by atoms with van der Waals surface area (Å²) in [6.07, 6.45) is -1.91. The molecule has 152 valence electrons. The maximum Gasteiger partial charge on any atom is 0.416 e. The molecule has 8 heteroatoms. The molecule has 0 bridgehead atoms. The molecule has 0 radical (unpaired) electrons. The fourth-order valence-electron chi connectivity index (χ4n) is 3.24. The molecular weight excluding hydrogens is 379 g/mol. The molecule has 0 spiro atoms. The van der Waals surface area contributed by atoms with Gasteiger partial charge in [-0.05, 0) is 70.6 Å². The van der Waals surface area contributed by atoms with Crippen LogP contribution in [0.4, 0.5) is 13.2 Å². The van der Waals surface area contributed by atoms with Crippen LogP contribution in [0.15, 0.2) is 29.2 Å². The summed E-state index contributed by atoms with van der Waals surface area (Å²) in [5, 5.41) is 2.23. The Morgan fingerprint density at radius 1 is 1.19 bits per heavy atom. The predicted octanol–water partition coefficient (Wildman–Crippen LogP) is 4.34. The zero-order chi connectivity index (χ0) is 20.5. The lowest BCUT2D eigenvalue weighted by Crippen LogP contribution is -2.40. The van der Waals surface area contributed by atoms with E-state index in [1.54, 1.807) is 0 Å². The van der Waals surface area contributed by atoms with Crippen molar-refractivity contribution >= 4 is 15.7 Å². The smallest absolute Gasteiger partial charge is 0.352 e. The quantitative estimate of drug-likeness (QED) is 0.766. The summed E-state index contributed by atoms with van der Waals surface area (Å²) in [4.78, 5) is 11.5. The molecule has 4 nitrogen and oxygen atoms in total. The van der Waals surface area contributed by atoms with Gasteiger partial charge in [-0.2, -0.15) is 13.2 Å². The molecule has 1 aliphatic carbocycles. The van der Waals surface area contributed by atoms with Gasteiger partial charge in [0.1, 0.15) is 0 Å². The fourth-order valence-corrected chi connectivity index (χ4v) is 5.23.